The van der Waals surface area contributed by atoms with E-state index >= 15 is 4.39 Å². The van der Waals surface area contributed by atoms with Crippen molar-refractivity contribution in [3.63, 3.8) is 0 Å². The number of H-pyrrole nitrogens is 1. The van der Waals surface area contributed by atoms with Crippen LogP contribution in [0.25, 0.3) is 228 Å². The first kappa shape index (κ1) is 89.6. The zero-order chi connectivity index (χ0) is 91.9. The monoisotopic (exact) mass is 2030 g/mol. The van der Waals surface area contributed by atoms with Crippen molar-refractivity contribution < 1.29 is 173 Å². The quantitative estimate of drug-likeness (QED) is 0.0542. The predicted molar refractivity (Wildman–Crippen MR) is 535 cm³/mol. The van der Waals surface area contributed by atoms with Crippen LogP contribution in [-0.4, -0.2) is 71.3 Å². The first-order chi connectivity index (χ1) is 67.1. The summed E-state index contributed by atoms with van der Waals surface area (Å²) in [5.74, 6) is 0.419. The first-order valence-electron chi connectivity index (χ1n) is 44.4. The number of nitrogens with zero attached hydrogens (tertiary/aromatic N) is 11. The number of carbonyl (C=O) groups is 1. The van der Waals surface area contributed by atoms with Gasteiger partial charge in [0, 0.05) is 126 Å². The van der Waals surface area contributed by atoms with Gasteiger partial charge in [-0.25, -0.2) is 43.1 Å². The number of benzene rings is 18. The fourth-order valence-corrected chi connectivity index (χ4v) is 19.1. The van der Waals surface area contributed by atoms with Crippen molar-refractivity contribution in [1.29, 1.82) is 0 Å². The molecule has 15 nitrogen and oxygen atoms in total. The van der Waals surface area contributed by atoms with E-state index in [9.17, 15) is 13.2 Å². The van der Waals surface area contributed by atoms with Crippen molar-refractivity contribution in [3.8, 4) is 96.8 Å². The molecule has 0 atom stereocenters. The Bertz CT molecular complexity index is 8780. The number of nitrogens with one attached hydrogen (secondary N) is 1. The van der Waals surface area contributed by atoms with Gasteiger partial charge in [-0.05, 0) is 121 Å². The zero-order valence-electron chi connectivity index (χ0n) is 75.9. The standard InChI is InChI=1S/C57H35FN6.C36H23N3.C21H13F2N3.CH3F.CH2O3.2Cs.H/c58-44-35-38(57-60-55(36-19-5-1-6-20-36)59-56(61-57)37-21-7-2-8-22-37)33-34-48(44)64-47-32-18-15-29-43(47)51-53-49(41-27-13-16-30-45(41)62(53)39-23-9-3-10-24-39)52-50(54(51)64)42-28-14-17-31-46(42)63(52)40-25-11-4-12-26-40;1-3-13-23(14-4-1)38-29-21-11-8-18-26(29)32-34-31(25-17-7-10-20-28(25)37-34)35-33(36(32)38)27-19-9-12-22-30(27)39(35)24-15-5-2-6-16-24;22-17-12-11-16(13-18(17)23)21-25-19(14-7-3-1-4-8-14)24-20(26-21)15-9-5-2-6-10-15;1-2;2-1-4-3;;;/h1-35H;1-22,37H;1-13H;1H3;1,3H;;;/q;;;;;2*+1;-1/p-1/i;;;1D;;;;. The van der Waals surface area contributed by atoms with Crippen LogP contribution in [0.5, 0.6) is 0 Å². The molecule has 0 spiro atoms. The van der Waals surface area contributed by atoms with E-state index in [1.54, 1.807) is 6.07 Å². The number of fused-ring (bicyclic) bond motifs is 24. The summed E-state index contributed by atoms with van der Waals surface area (Å²) in [6, 6.07) is 142. The van der Waals surface area contributed by atoms with E-state index in [0.29, 0.717) is 45.9 Å². The number of rotatable bonds is 12. The Morgan fingerprint density at radius 3 is 0.825 bits per heavy atom. The van der Waals surface area contributed by atoms with E-state index in [1.165, 1.54) is 66.0 Å². The molecule has 0 amide bonds. The number of alkyl halides is 1. The van der Waals surface area contributed by atoms with E-state index in [2.05, 4.69) is 309 Å². The molecule has 0 bridgehead atoms. The van der Waals surface area contributed by atoms with E-state index in [1.807, 2.05) is 140 Å². The van der Waals surface area contributed by atoms with Crippen LogP contribution in [0.4, 0.5) is 17.6 Å². The number of halogens is 4. The third-order valence-corrected chi connectivity index (χ3v) is 24.6. The van der Waals surface area contributed by atoms with Crippen molar-refractivity contribution in [1.82, 2.24) is 57.7 Å². The first-order valence-corrected chi connectivity index (χ1v) is 43.7. The van der Waals surface area contributed by atoms with Crippen LogP contribution in [-0.2, 0) is 9.68 Å². The van der Waals surface area contributed by atoms with Crippen molar-refractivity contribution in [2.45, 2.75) is 0 Å². The van der Waals surface area contributed by atoms with Crippen LogP contribution in [0.3, 0.4) is 0 Å². The number of carbonyl (C=O) groups excluding carboxylic acids is 1. The largest absolute Gasteiger partial charge is 1.00 e. The Kier molecular flexibility index (Phi) is 26.0. The Balaban J connectivity index is 0.000000139. The molecule has 26 rings (SSSR count). The SMILES string of the molecule is Fc1cc(-c2nc(-c3ccccc3)nc(-c3ccccc3)n2)ccc1-n1c2ccccc2c2c3c(c4ccccc4n3-c3ccccc3)c3c(c4ccccc4n3-c3ccccc3)c21.Fc1ccc(-c2nc(-c3ccccc3)nc(-c3ccccc3)n2)cc1F.O=CO[O-].[2H]CF.[Cs+].[Cs+].[H-].c1ccc(-n2c3ccccc3c3c4[nH]c5ccccc5c4c4c(c5ccccc5n4-c4ccccc4)c32)cc1. The molecule has 0 saturated carbocycles. The Morgan fingerprint density at radius 1 is 0.285 bits per heavy atom. The maximum Gasteiger partial charge on any atom is 1.00 e. The van der Waals surface area contributed by atoms with Gasteiger partial charge < -0.3 is 39.4 Å². The fraction of sp³-hybridized carbons (Fsp3) is 0.00862. The van der Waals surface area contributed by atoms with Gasteiger partial charge in [-0.3, -0.25) is 9.18 Å². The summed E-state index contributed by atoms with van der Waals surface area (Å²) in [6.45, 7) is -0.181. The molecule has 0 aliphatic rings. The number of aromatic amines is 1. The summed E-state index contributed by atoms with van der Waals surface area (Å²) in [5.41, 5.74) is 22.5. The third-order valence-electron chi connectivity index (χ3n) is 24.6. The molecule has 21 heteroatoms. The van der Waals surface area contributed by atoms with E-state index in [-0.39, 0.29) is 152 Å². The van der Waals surface area contributed by atoms with Crippen LogP contribution in [0.2, 0.25) is 0 Å². The van der Waals surface area contributed by atoms with Gasteiger partial charge >= 0.3 is 138 Å². The van der Waals surface area contributed by atoms with Crippen LogP contribution in [0.15, 0.2) is 425 Å². The molecule has 648 valence electrons. The van der Waals surface area contributed by atoms with E-state index < -0.39 is 24.6 Å². The average molecular weight is 2030 g/mol. The Labute approximate surface area is 902 Å². The number of hydrogen-bond donors (Lipinski definition) is 1. The zero-order valence-corrected chi connectivity index (χ0v) is 86.4. The molecule has 18 aromatic carbocycles. The van der Waals surface area contributed by atoms with Crippen molar-refractivity contribution >= 4 is 137 Å². The van der Waals surface area contributed by atoms with Gasteiger partial charge in [-0.15, -0.1) is 0 Å². The number of para-hydroxylation sites is 10. The second-order valence-corrected chi connectivity index (χ2v) is 32.2. The molecule has 0 aliphatic carbocycles. The van der Waals surface area contributed by atoms with Gasteiger partial charge in [-0.2, -0.15) is 0 Å². The topological polar surface area (TPSA) is 167 Å². The molecule has 0 saturated heterocycles. The Hall–Kier alpha value is -14.0. The minimum atomic E-state index is -1.00. The normalized spacial score (nSPS) is 11.3. The van der Waals surface area contributed by atoms with Gasteiger partial charge in [-0.1, -0.05) is 303 Å². The second kappa shape index (κ2) is 39.8. The number of hydrogen-bond acceptors (Lipinski definition) is 9. The summed E-state index contributed by atoms with van der Waals surface area (Å²) < 4.78 is 72.0. The molecule has 8 aromatic heterocycles. The molecule has 0 unspecified atom stereocenters. The van der Waals surface area contributed by atoms with Gasteiger partial charge in [0.25, 0.3) is 6.47 Å². The van der Waals surface area contributed by atoms with Crippen LogP contribution < -0.4 is 143 Å². The fourth-order valence-electron chi connectivity index (χ4n) is 19.1. The summed E-state index contributed by atoms with van der Waals surface area (Å²) in [5, 5.41) is 22.5. The number of aromatic nitrogens is 12. The smallest absolute Gasteiger partial charge is 1.00 e. The van der Waals surface area contributed by atoms with Crippen molar-refractivity contribution in [2.24, 2.45) is 0 Å². The van der Waals surface area contributed by atoms with Gasteiger partial charge in [0.2, 0.25) is 0 Å². The van der Waals surface area contributed by atoms with Crippen molar-refractivity contribution in [3.05, 3.63) is 442 Å². The van der Waals surface area contributed by atoms with Crippen LogP contribution in [0, 0.1) is 17.5 Å². The maximum absolute atomic E-state index is 17.7. The maximum atomic E-state index is 17.7. The molecule has 0 radical (unpaired) electrons. The second-order valence-electron chi connectivity index (χ2n) is 32.2. The minimum absolute atomic E-state index is 0. The Morgan fingerprint density at radius 2 is 0.518 bits per heavy atom. The molecule has 1 N–H and O–H groups in total. The average Bonchev–Trinajstić information content (AvgIpc) is 1.51. The molecule has 0 aliphatic heterocycles. The van der Waals surface area contributed by atoms with Gasteiger partial charge in [0.15, 0.2) is 46.6 Å². The van der Waals surface area contributed by atoms with Crippen LogP contribution >= 0.6 is 0 Å². The van der Waals surface area contributed by atoms with Crippen LogP contribution in [0.1, 0.15) is 2.80 Å². The van der Waals surface area contributed by atoms with Gasteiger partial charge in [0.05, 0.1) is 74.9 Å². The molecular formula is C116H76Cs2F4N12O3. The van der Waals surface area contributed by atoms with Crippen molar-refractivity contribution in [2.75, 3.05) is 7.15 Å². The molecule has 26 aromatic rings. The molecule has 0 fully saturated rings. The molecule has 137 heavy (non-hydrogen) atoms. The van der Waals surface area contributed by atoms with Gasteiger partial charge in [0.1, 0.15) is 5.82 Å². The summed E-state index contributed by atoms with van der Waals surface area (Å²) in [6.07, 6.45) is 0. The van der Waals surface area contributed by atoms with E-state index in [4.69, 9.17) is 26.4 Å². The minimum Gasteiger partial charge on any atom is -1.00 e. The molecule has 8 heterocycles. The summed E-state index contributed by atoms with van der Waals surface area (Å²) in [7, 11) is -1.00. The summed E-state index contributed by atoms with van der Waals surface area (Å²) in [4.78, 5) is 43.3. The third kappa shape index (κ3) is 16.4. The van der Waals surface area contributed by atoms with E-state index in [0.717, 1.165) is 128 Å². The molecular weight excluding hydrogens is 1950 g/mol. The summed E-state index contributed by atoms with van der Waals surface area (Å²) >= 11 is 0. The predicted octanol–water partition coefficient (Wildman–Crippen LogP) is 22.1.